The van der Waals surface area contributed by atoms with Crippen molar-refractivity contribution in [3.63, 3.8) is 0 Å². The molecule has 0 atom stereocenters. The fourth-order valence-electron chi connectivity index (χ4n) is 3.83. The van der Waals surface area contributed by atoms with Crippen molar-refractivity contribution in [2.45, 2.75) is 38.6 Å². The summed E-state index contributed by atoms with van der Waals surface area (Å²) in [5.41, 5.74) is 4.87. The summed E-state index contributed by atoms with van der Waals surface area (Å²) in [5.74, 6) is 0.567. The molecule has 0 bridgehead atoms. The molecule has 0 spiro atoms. The van der Waals surface area contributed by atoms with Gasteiger partial charge in [-0.2, -0.15) is 0 Å². The Bertz CT molecular complexity index is 811. The van der Waals surface area contributed by atoms with Gasteiger partial charge in [-0.15, -0.1) is 0 Å². The van der Waals surface area contributed by atoms with E-state index in [-0.39, 0.29) is 11.2 Å². The van der Waals surface area contributed by atoms with Gasteiger partial charge < -0.3 is 15.4 Å². The first-order chi connectivity index (χ1) is 13.5. The molecule has 5 heteroatoms. The maximum Gasteiger partial charge on any atom is 0.191 e. The van der Waals surface area contributed by atoms with Gasteiger partial charge >= 0.3 is 0 Å². The fraction of sp³-hybridized carbons (Fsp3) is 0.435. The largest absolute Gasteiger partial charge is 0.381 e. The van der Waals surface area contributed by atoms with Crippen molar-refractivity contribution >= 4 is 5.96 Å². The Balaban J connectivity index is 1.66. The van der Waals surface area contributed by atoms with Crippen molar-refractivity contribution in [2.24, 2.45) is 4.99 Å². The third-order valence-electron chi connectivity index (χ3n) is 5.67. The summed E-state index contributed by atoms with van der Waals surface area (Å²) in [6.45, 7) is 7.12. The van der Waals surface area contributed by atoms with Gasteiger partial charge in [0, 0.05) is 38.8 Å². The molecule has 2 aromatic rings. The standard InChI is InChI=1S/C23H30FN3O/c1-17-4-5-19(18(2)14-17)15-26-22(25-3)27-16-23(10-12-28-13-11-23)20-6-8-21(24)9-7-20/h4-9,14H,10-13,15-16H2,1-3H3,(H2,25,26,27). The first-order valence-electron chi connectivity index (χ1n) is 9.87. The van der Waals surface area contributed by atoms with E-state index in [1.54, 1.807) is 19.2 Å². The lowest BCUT2D eigenvalue weighted by atomic mass is 9.74. The highest BCUT2D eigenvalue weighted by molar-refractivity contribution is 5.79. The van der Waals surface area contributed by atoms with Gasteiger partial charge in [-0.25, -0.2) is 4.39 Å². The fourth-order valence-corrected chi connectivity index (χ4v) is 3.83. The van der Waals surface area contributed by atoms with Gasteiger partial charge in [0.25, 0.3) is 0 Å². The highest BCUT2D eigenvalue weighted by Gasteiger charge is 2.34. The summed E-state index contributed by atoms with van der Waals surface area (Å²) in [5, 5.41) is 6.89. The number of benzene rings is 2. The van der Waals surface area contributed by atoms with Crippen LogP contribution in [0.15, 0.2) is 47.5 Å². The zero-order chi connectivity index (χ0) is 20.0. The van der Waals surface area contributed by atoms with Gasteiger partial charge in [-0.1, -0.05) is 35.9 Å². The second-order valence-electron chi connectivity index (χ2n) is 7.61. The lowest BCUT2D eigenvalue weighted by molar-refractivity contribution is 0.0513. The molecule has 0 saturated carbocycles. The Morgan fingerprint density at radius 1 is 1.07 bits per heavy atom. The van der Waals surface area contributed by atoms with E-state index in [4.69, 9.17) is 4.74 Å². The first-order valence-corrected chi connectivity index (χ1v) is 9.87. The molecule has 0 aromatic heterocycles. The van der Waals surface area contributed by atoms with E-state index in [1.165, 1.54) is 16.7 Å². The van der Waals surface area contributed by atoms with Crippen LogP contribution in [0.3, 0.4) is 0 Å². The van der Waals surface area contributed by atoms with Crippen LogP contribution in [0.1, 0.15) is 35.1 Å². The van der Waals surface area contributed by atoms with Crippen LogP contribution < -0.4 is 10.6 Å². The average Bonchev–Trinajstić information content (AvgIpc) is 2.70. The van der Waals surface area contributed by atoms with Crippen LogP contribution in [0.25, 0.3) is 0 Å². The van der Waals surface area contributed by atoms with E-state index in [1.807, 2.05) is 12.1 Å². The number of hydrogen-bond acceptors (Lipinski definition) is 2. The van der Waals surface area contributed by atoms with Crippen molar-refractivity contribution in [3.8, 4) is 0 Å². The number of aryl methyl sites for hydroxylation is 2. The number of rotatable bonds is 5. The lowest BCUT2D eigenvalue weighted by Gasteiger charge is -2.38. The molecule has 1 saturated heterocycles. The average molecular weight is 384 g/mol. The highest BCUT2D eigenvalue weighted by atomic mass is 19.1. The van der Waals surface area contributed by atoms with E-state index < -0.39 is 0 Å². The zero-order valence-corrected chi connectivity index (χ0v) is 17.0. The zero-order valence-electron chi connectivity index (χ0n) is 17.0. The molecule has 3 rings (SSSR count). The predicted molar refractivity (Wildman–Crippen MR) is 112 cm³/mol. The number of ether oxygens (including phenoxy) is 1. The van der Waals surface area contributed by atoms with E-state index in [2.05, 4.69) is 47.7 Å². The number of guanidine groups is 1. The van der Waals surface area contributed by atoms with Crippen LogP contribution in [0, 0.1) is 19.7 Å². The SMILES string of the molecule is CN=C(NCc1ccc(C)cc1C)NCC1(c2ccc(F)cc2)CCOCC1. The number of halogens is 1. The smallest absolute Gasteiger partial charge is 0.191 e. The molecule has 0 aliphatic carbocycles. The first kappa shape index (κ1) is 20.3. The van der Waals surface area contributed by atoms with Crippen LogP contribution in [0.4, 0.5) is 4.39 Å². The van der Waals surface area contributed by atoms with Crippen LogP contribution >= 0.6 is 0 Å². The molecule has 0 amide bonds. The molecule has 1 heterocycles. The maximum absolute atomic E-state index is 13.4. The summed E-state index contributed by atoms with van der Waals surface area (Å²) in [6.07, 6.45) is 1.80. The Morgan fingerprint density at radius 2 is 1.79 bits per heavy atom. The Kier molecular flexibility index (Phi) is 6.68. The summed E-state index contributed by atoms with van der Waals surface area (Å²) in [7, 11) is 1.78. The molecule has 1 aliphatic rings. The lowest BCUT2D eigenvalue weighted by Crippen LogP contribution is -2.48. The minimum Gasteiger partial charge on any atom is -0.381 e. The molecule has 0 radical (unpaired) electrons. The minimum absolute atomic E-state index is 0.0800. The molecule has 2 N–H and O–H groups in total. The van der Waals surface area contributed by atoms with Gasteiger partial charge in [0.2, 0.25) is 0 Å². The Hall–Kier alpha value is -2.40. The number of aliphatic imine (C=N–C) groups is 1. The number of nitrogens with zero attached hydrogens (tertiary/aromatic N) is 1. The summed E-state index contributed by atoms with van der Waals surface area (Å²) in [6, 6.07) is 13.4. The van der Waals surface area contributed by atoms with Gasteiger partial charge in [0.1, 0.15) is 5.82 Å². The molecule has 150 valence electrons. The topological polar surface area (TPSA) is 45.7 Å². The minimum atomic E-state index is -0.204. The summed E-state index contributed by atoms with van der Waals surface area (Å²) in [4.78, 5) is 4.38. The normalized spacial score (nSPS) is 16.6. The van der Waals surface area contributed by atoms with Gasteiger partial charge in [0.05, 0.1) is 0 Å². The van der Waals surface area contributed by atoms with Gasteiger partial charge in [-0.05, 0) is 55.5 Å². The van der Waals surface area contributed by atoms with Crippen molar-refractivity contribution in [1.82, 2.24) is 10.6 Å². The number of nitrogens with one attached hydrogen (secondary N) is 2. The maximum atomic E-state index is 13.4. The summed E-state index contributed by atoms with van der Waals surface area (Å²) < 4.78 is 19.0. The number of hydrogen-bond donors (Lipinski definition) is 2. The molecular formula is C23H30FN3O. The summed E-state index contributed by atoms with van der Waals surface area (Å²) >= 11 is 0. The molecule has 4 nitrogen and oxygen atoms in total. The highest BCUT2D eigenvalue weighted by Crippen LogP contribution is 2.34. The van der Waals surface area contributed by atoms with Gasteiger partial charge in [0.15, 0.2) is 5.96 Å². The molecular weight excluding hydrogens is 353 g/mol. The van der Waals surface area contributed by atoms with E-state index in [0.717, 1.165) is 37.5 Å². The monoisotopic (exact) mass is 383 g/mol. The van der Waals surface area contributed by atoms with E-state index >= 15 is 0 Å². The van der Waals surface area contributed by atoms with Gasteiger partial charge in [-0.3, -0.25) is 4.99 Å². The Labute approximate surface area is 167 Å². The molecule has 2 aromatic carbocycles. The van der Waals surface area contributed by atoms with E-state index in [9.17, 15) is 4.39 Å². The van der Waals surface area contributed by atoms with Crippen LogP contribution in [0.2, 0.25) is 0 Å². The third kappa shape index (κ3) is 4.90. The molecule has 28 heavy (non-hydrogen) atoms. The molecule has 1 fully saturated rings. The third-order valence-corrected chi connectivity index (χ3v) is 5.67. The van der Waals surface area contributed by atoms with E-state index in [0.29, 0.717) is 13.2 Å². The van der Waals surface area contributed by atoms with Crippen molar-refractivity contribution < 1.29 is 9.13 Å². The quantitative estimate of drug-likeness (QED) is 0.609. The van der Waals surface area contributed by atoms with Crippen molar-refractivity contribution in [3.05, 3.63) is 70.5 Å². The molecule has 0 unspecified atom stereocenters. The van der Waals surface area contributed by atoms with Crippen molar-refractivity contribution in [1.29, 1.82) is 0 Å². The van der Waals surface area contributed by atoms with Crippen molar-refractivity contribution in [2.75, 3.05) is 26.8 Å². The second-order valence-corrected chi connectivity index (χ2v) is 7.61. The predicted octanol–water partition coefficient (Wildman–Crippen LogP) is 3.86. The molecule has 1 aliphatic heterocycles. The Morgan fingerprint density at radius 3 is 2.43 bits per heavy atom. The van der Waals surface area contributed by atoms with Crippen LogP contribution in [-0.4, -0.2) is 32.8 Å². The second kappa shape index (κ2) is 9.20. The van der Waals surface area contributed by atoms with Crippen LogP contribution in [0.5, 0.6) is 0 Å². The van der Waals surface area contributed by atoms with Crippen LogP contribution in [-0.2, 0) is 16.7 Å².